The standard InChI is InChI=1S/C8H8N2O/c1-10-5-6-4-7(11)2-3-8(6)9-10/h2-5,11H,1H3. The van der Waals surface area contributed by atoms with E-state index < -0.39 is 0 Å². The van der Waals surface area contributed by atoms with Gasteiger partial charge in [-0.25, -0.2) is 0 Å². The van der Waals surface area contributed by atoms with Crippen LogP contribution in [-0.2, 0) is 7.05 Å². The Morgan fingerprint density at radius 2 is 2.27 bits per heavy atom. The lowest BCUT2D eigenvalue weighted by atomic mass is 10.2. The van der Waals surface area contributed by atoms with Crippen molar-refractivity contribution in [2.75, 3.05) is 0 Å². The summed E-state index contributed by atoms with van der Waals surface area (Å²) >= 11 is 0. The summed E-state index contributed by atoms with van der Waals surface area (Å²) in [5.74, 6) is 0.283. The highest BCUT2D eigenvalue weighted by atomic mass is 16.3. The van der Waals surface area contributed by atoms with E-state index in [4.69, 9.17) is 5.11 Å². The molecule has 0 fully saturated rings. The van der Waals surface area contributed by atoms with E-state index in [1.54, 1.807) is 22.9 Å². The van der Waals surface area contributed by atoms with Crippen LogP contribution in [0.3, 0.4) is 0 Å². The van der Waals surface area contributed by atoms with Crippen molar-refractivity contribution >= 4 is 10.9 Å². The zero-order valence-corrected chi connectivity index (χ0v) is 6.15. The Kier molecular flexibility index (Phi) is 1.12. The number of hydrogen-bond donors (Lipinski definition) is 1. The molecular formula is C8H8N2O. The highest BCUT2D eigenvalue weighted by Gasteiger charge is 1.97. The van der Waals surface area contributed by atoms with Crippen LogP contribution < -0.4 is 0 Å². The Hall–Kier alpha value is -1.51. The molecule has 1 heterocycles. The van der Waals surface area contributed by atoms with Crippen LogP contribution in [0.4, 0.5) is 0 Å². The number of aryl methyl sites for hydroxylation is 1. The molecule has 56 valence electrons. The molecule has 0 aliphatic carbocycles. The predicted octanol–water partition coefficient (Wildman–Crippen LogP) is 1.28. The fourth-order valence-electron chi connectivity index (χ4n) is 1.14. The summed E-state index contributed by atoms with van der Waals surface area (Å²) in [6.45, 7) is 0. The average Bonchev–Trinajstić information content (AvgIpc) is 2.27. The molecule has 1 N–H and O–H groups in total. The topological polar surface area (TPSA) is 38.0 Å². The third-order valence-electron chi connectivity index (χ3n) is 1.60. The van der Waals surface area contributed by atoms with Gasteiger partial charge in [0.15, 0.2) is 0 Å². The normalized spacial score (nSPS) is 10.6. The summed E-state index contributed by atoms with van der Waals surface area (Å²) in [5, 5.41) is 14.2. The van der Waals surface area contributed by atoms with Crippen LogP contribution in [0.25, 0.3) is 10.9 Å². The molecular weight excluding hydrogens is 140 g/mol. The Labute approximate surface area is 63.9 Å². The Morgan fingerprint density at radius 1 is 1.45 bits per heavy atom. The molecule has 11 heavy (non-hydrogen) atoms. The lowest BCUT2D eigenvalue weighted by Gasteiger charge is -1.87. The predicted molar refractivity (Wildman–Crippen MR) is 42.4 cm³/mol. The number of rotatable bonds is 0. The first-order valence-electron chi connectivity index (χ1n) is 3.38. The Bertz CT molecular complexity index is 392. The molecule has 0 radical (unpaired) electrons. The summed E-state index contributed by atoms with van der Waals surface area (Å²) < 4.78 is 1.73. The highest BCUT2D eigenvalue weighted by Crippen LogP contribution is 2.17. The van der Waals surface area contributed by atoms with Crippen molar-refractivity contribution in [1.29, 1.82) is 0 Å². The van der Waals surface area contributed by atoms with Crippen molar-refractivity contribution in [2.24, 2.45) is 7.05 Å². The molecule has 0 spiro atoms. The second-order valence-electron chi connectivity index (χ2n) is 2.55. The second-order valence-corrected chi connectivity index (χ2v) is 2.55. The zero-order valence-electron chi connectivity index (χ0n) is 6.15. The van der Waals surface area contributed by atoms with Gasteiger partial charge in [0, 0.05) is 18.6 Å². The van der Waals surface area contributed by atoms with Crippen LogP contribution in [0, 0.1) is 0 Å². The number of aromatic nitrogens is 2. The third-order valence-corrected chi connectivity index (χ3v) is 1.60. The van der Waals surface area contributed by atoms with Crippen molar-refractivity contribution in [3.63, 3.8) is 0 Å². The minimum atomic E-state index is 0.283. The number of hydrogen-bond acceptors (Lipinski definition) is 2. The van der Waals surface area contributed by atoms with E-state index in [1.807, 2.05) is 13.2 Å². The molecule has 2 rings (SSSR count). The lowest BCUT2D eigenvalue weighted by Crippen LogP contribution is -1.84. The summed E-state index contributed by atoms with van der Waals surface area (Å²) in [5.41, 5.74) is 0.908. The lowest BCUT2D eigenvalue weighted by molar-refractivity contribution is 0.476. The molecule has 0 aliphatic rings. The van der Waals surface area contributed by atoms with Gasteiger partial charge in [-0.3, -0.25) is 4.68 Å². The number of fused-ring (bicyclic) bond motifs is 1. The van der Waals surface area contributed by atoms with Crippen LogP contribution in [-0.4, -0.2) is 14.9 Å². The van der Waals surface area contributed by atoms with E-state index in [9.17, 15) is 0 Å². The maximum atomic E-state index is 9.10. The maximum Gasteiger partial charge on any atom is 0.116 e. The molecule has 0 saturated heterocycles. The van der Waals surface area contributed by atoms with Crippen LogP contribution >= 0.6 is 0 Å². The van der Waals surface area contributed by atoms with Crippen molar-refractivity contribution in [3.05, 3.63) is 24.4 Å². The van der Waals surface area contributed by atoms with Gasteiger partial charge in [-0.15, -0.1) is 0 Å². The maximum absolute atomic E-state index is 9.10. The van der Waals surface area contributed by atoms with E-state index in [0.29, 0.717) is 0 Å². The molecule has 0 saturated carbocycles. The van der Waals surface area contributed by atoms with E-state index >= 15 is 0 Å². The van der Waals surface area contributed by atoms with Crippen LogP contribution in [0.2, 0.25) is 0 Å². The zero-order chi connectivity index (χ0) is 7.84. The molecule has 2 aromatic rings. The van der Waals surface area contributed by atoms with Gasteiger partial charge < -0.3 is 5.11 Å². The Balaban J connectivity index is 2.82. The fraction of sp³-hybridized carbons (Fsp3) is 0.125. The van der Waals surface area contributed by atoms with Gasteiger partial charge in [0.25, 0.3) is 0 Å². The molecule has 0 atom stereocenters. The highest BCUT2D eigenvalue weighted by molar-refractivity contribution is 5.79. The quantitative estimate of drug-likeness (QED) is 0.611. The minimum absolute atomic E-state index is 0.283. The van der Waals surface area contributed by atoms with Crippen molar-refractivity contribution in [3.8, 4) is 5.75 Å². The first kappa shape index (κ1) is 6.22. The van der Waals surface area contributed by atoms with E-state index in [2.05, 4.69) is 5.10 Å². The van der Waals surface area contributed by atoms with Gasteiger partial charge in [-0.1, -0.05) is 0 Å². The molecule has 1 aromatic heterocycles. The van der Waals surface area contributed by atoms with Gasteiger partial charge in [-0.05, 0) is 18.2 Å². The van der Waals surface area contributed by atoms with E-state index in [1.165, 1.54) is 0 Å². The monoisotopic (exact) mass is 148 g/mol. The average molecular weight is 148 g/mol. The number of phenolic OH excluding ortho intramolecular Hbond substituents is 1. The molecule has 0 amide bonds. The largest absolute Gasteiger partial charge is 0.508 e. The first-order chi connectivity index (χ1) is 5.25. The smallest absolute Gasteiger partial charge is 0.116 e. The van der Waals surface area contributed by atoms with Crippen molar-refractivity contribution in [1.82, 2.24) is 9.78 Å². The van der Waals surface area contributed by atoms with Gasteiger partial charge in [-0.2, -0.15) is 5.10 Å². The van der Waals surface area contributed by atoms with Gasteiger partial charge in [0.2, 0.25) is 0 Å². The fourth-order valence-corrected chi connectivity index (χ4v) is 1.14. The number of aromatic hydroxyl groups is 1. The van der Waals surface area contributed by atoms with Crippen molar-refractivity contribution in [2.45, 2.75) is 0 Å². The second kappa shape index (κ2) is 1.99. The molecule has 3 nitrogen and oxygen atoms in total. The minimum Gasteiger partial charge on any atom is -0.508 e. The number of nitrogens with zero attached hydrogens (tertiary/aromatic N) is 2. The van der Waals surface area contributed by atoms with Gasteiger partial charge in [0.1, 0.15) is 5.75 Å². The van der Waals surface area contributed by atoms with E-state index in [-0.39, 0.29) is 5.75 Å². The molecule has 3 heteroatoms. The van der Waals surface area contributed by atoms with Crippen LogP contribution in [0.15, 0.2) is 24.4 Å². The summed E-state index contributed by atoms with van der Waals surface area (Å²) in [7, 11) is 1.86. The van der Waals surface area contributed by atoms with Gasteiger partial charge >= 0.3 is 0 Å². The first-order valence-corrected chi connectivity index (χ1v) is 3.38. The molecule has 0 bridgehead atoms. The summed E-state index contributed by atoms with van der Waals surface area (Å²) in [6.07, 6.45) is 1.87. The molecule has 0 unspecified atom stereocenters. The van der Waals surface area contributed by atoms with Crippen LogP contribution in [0.1, 0.15) is 0 Å². The Morgan fingerprint density at radius 3 is 3.09 bits per heavy atom. The summed E-state index contributed by atoms with van der Waals surface area (Å²) in [6, 6.07) is 5.13. The van der Waals surface area contributed by atoms with Crippen molar-refractivity contribution < 1.29 is 5.11 Å². The number of phenols is 1. The molecule has 0 aliphatic heterocycles. The third kappa shape index (κ3) is 0.941. The van der Waals surface area contributed by atoms with E-state index in [0.717, 1.165) is 10.9 Å². The number of benzene rings is 1. The SMILES string of the molecule is Cn1cc2cc(O)ccc2n1. The van der Waals surface area contributed by atoms with Crippen LogP contribution in [0.5, 0.6) is 5.75 Å². The summed E-state index contributed by atoms with van der Waals surface area (Å²) in [4.78, 5) is 0. The molecule has 1 aromatic carbocycles. The van der Waals surface area contributed by atoms with Gasteiger partial charge in [0.05, 0.1) is 5.52 Å².